The Hall–Kier alpha value is -1.06. The molecule has 75 valence electrons. The van der Waals surface area contributed by atoms with E-state index in [9.17, 15) is 9.59 Å². The molecule has 4 nitrogen and oxygen atoms in total. The van der Waals surface area contributed by atoms with Gasteiger partial charge in [-0.15, -0.1) is 5.43 Å². The van der Waals surface area contributed by atoms with Gasteiger partial charge < -0.3 is 0 Å². The van der Waals surface area contributed by atoms with Crippen LogP contribution in [0, 0.1) is 0 Å². The van der Waals surface area contributed by atoms with Gasteiger partial charge in [0.05, 0.1) is 0 Å². The molecule has 0 atom stereocenters. The minimum absolute atomic E-state index is 0.0699. The Kier molecular flexibility index (Phi) is 5.93. The first kappa shape index (κ1) is 11.9. The van der Waals surface area contributed by atoms with Gasteiger partial charge in [0.25, 0.3) is 5.91 Å². The third kappa shape index (κ3) is 5.22. The van der Waals surface area contributed by atoms with Gasteiger partial charge in [-0.1, -0.05) is 13.8 Å². The molecule has 13 heavy (non-hydrogen) atoms. The van der Waals surface area contributed by atoms with E-state index in [0.29, 0.717) is 13.0 Å². The van der Waals surface area contributed by atoms with Crippen molar-refractivity contribution in [1.29, 1.82) is 0 Å². The molecule has 0 aliphatic rings. The normalized spacial score (nSPS) is 9.46. The van der Waals surface area contributed by atoms with Crippen molar-refractivity contribution in [2.45, 2.75) is 40.0 Å². The SMILES string of the molecule is CCCC(=O)N(CCC)[N]C(C)=O. The lowest BCUT2D eigenvalue weighted by molar-refractivity contribution is -0.141. The zero-order valence-corrected chi connectivity index (χ0v) is 8.54. The average Bonchev–Trinajstić information content (AvgIpc) is 2.03. The highest BCUT2D eigenvalue weighted by Crippen LogP contribution is 1.97. The molecule has 1 radical (unpaired) electrons. The summed E-state index contributed by atoms with van der Waals surface area (Å²) in [5.41, 5.74) is 3.63. The molecule has 0 fully saturated rings. The van der Waals surface area contributed by atoms with Crippen LogP contribution in [0.5, 0.6) is 0 Å². The fourth-order valence-electron chi connectivity index (χ4n) is 0.955. The van der Waals surface area contributed by atoms with E-state index < -0.39 is 0 Å². The highest BCUT2D eigenvalue weighted by molar-refractivity contribution is 5.80. The van der Waals surface area contributed by atoms with E-state index in [1.807, 2.05) is 13.8 Å². The maximum Gasteiger partial charge on any atom is 0.259 e. The van der Waals surface area contributed by atoms with Crippen molar-refractivity contribution in [2.24, 2.45) is 0 Å². The number of carbonyl (C=O) groups excluding carboxylic acids is 2. The van der Waals surface area contributed by atoms with Gasteiger partial charge in [0, 0.05) is 19.9 Å². The van der Waals surface area contributed by atoms with Crippen molar-refractivity contribution in [3.63, 3.8) is 0 Å². The smallest absolute Gasteiger partial charge is 0.259 e. The van der Waals surface area contributed by atoms with E-state index in [1.165, 1.54) is 11.9 Å². The summed E-state index contributed by atoms with van der Waals surface area (Å²) in [6, 6.07) is 0. The van der Waals surface area contributed by atoms with Gasteiger partial charge in [0.1, 0.15) is 0 Å². The lowest BCUT2D eigenvalue weighted by Crippen LogP contribution is -2.40. The monoisotopic (exact) mass is 185 g/mol. The zero-order valence-electron chi connectivity index (χ0n) is 8.54. The molecule has 0 aromatic heterocycles. The van der Waals surface area contributed by atoms with Crippen LogP contribution in [0.25, 0.3) is 0 Å². The molecule has 0 N–H and O–H groups in total. The molecule has 0 saturated carbocycles. The molecule has 0 rings (SSSR count). The summed E-state index contributed by atoms with van der Waals surface area (Å²) in [6.07, 6.45) is 2.05. The fraction of sp³-hybridized carbons (Fsp3) is 0.778. The van der Waals surface area contributed by atoms with Crippen LogP contribution in [0.2, 0.25) is 0 Å². The van der Waals surface area contributed by atoms with Crippen LogP contribution >= 0.6 is 0 Å². The first-order chi connectivity index (χ1) is 6.11. The van der Waals surface area contributed by atoms with Crippen LogP contribution in [-0.4, -0.2) is 23.4 Å². The highest BCUT2D eigenvalue weighted by atomic mass is 16.2. The van der Waals surface area contributed by atoms with Gasteiger partial charge >= 0.3 is 0 Å². The molecule has 0 aromatic rings. The predicted molar refractivity (Wildman–Crippen MR) is 49.7 cm³/mol. The largest absolute Gasteiger partial charge is 0.273 e. The number of nitrogens with zero attached hydrogens (tertiary/aromatic N) is 2. The lowest BCUT2D eigenvalue weighted by atomic mass is 10.3. The molecule has 0 aromatic carbocycles. The van der Waals surface area contributed by atoms with E-state index in [2.05, 4.69) is 5.43 Å². The Bertz CT molecular complexity index is 180. The summed E-state index contributed by atoms with van der Waals surface area (Å²) in [7, 11) is 0. The van der Waals surface area contributed by atoms with Crippen LogP contribution in [0.1, 0.15) is 40.0 Å². The Morgan fingerprint density at radius 3 is 2.23 bits per heavy atom. The number of hydrogen-bond acceptors (Lipinski definition) is 2. The maximum atomic E-state index is 11.3. The van der Waals surface area contributed by atoms with E-state index in [1.54, 1.807) is 0 Å². The lowest BCUT2D eigenvalue weighted by Gasteiger charge is -2.18. The van der Waals surface area contributed by atoms with Crippen molar-refractivity contribution in [1.82, 2.24) is 10.4 Å². The second-order valence-corrected chi connectivity index (χ2v) is 2.89. The molecule has 0 aliphatic heterocycles. The zero-order chi connectivity index (χ0) is 10.3. The van der Waals surface area contributed by atoms with E-state index >= 15 is 0 Å². The van der Waals surface area contributed by atoms with Crippen molar-refractivity contribution in [2.75, 3.05) is 6.54 Å². The maximum absolute atomic E-state index is 11.3. The van der Waals surface area contributed by atoms with Crippen LogP contribution in [0.3, 0.4) is 0 Å². The summed E-state index contributed by atoms with van der Waals surface area (Å²) in [6.45, 7) is 5.75. The summed E-state index contributed by atoms with van der Waals surface area (Å²) < 4.78 is 0. The fourth-order valence-corrected chi connectivity index (χ4v) is 0.955. The van der Waals surface area contributed by atoms with Crippen LogP contribution in [-0.2, 0) is 9.59 Å². The van der Waals surface area contributed by atoms with Crippen molar-refractivity contribution in [3.8, 4) is 0 Å². The summed E-state index contributed by atoms with van der Waals surface area (Å²) >= 11 is 0. The second-order valence-electron chi connectivity index (χ2n) is 2.89. The summed E-state index contributed by atoms with van der Waals surface area (Å²) in [4.78, 5) is 22.0. The minimum atomic E-state index is -0.321. The van der Waals surface area contributed by atoms with Crippen LogP contribution < -0.4 is 5.43 Å². The Morgan fingerprint density at radius 2 is 1.85 bits per heavy atom. The van der Waals surface area contributed by atoms with Crippen molar-refractivity contribution >= 4 is 11.8 Å². The van der Waals surface area contributed by atoms with Gasteiger partial charge in [-0.2, -0.15) is 0 Å². The van der Waals surface area contributed by atoms with Crippen LogP contribution in [0.4, 0.5) is 0 Å². The van der Waals surface area contributed by atoms with E-state index in [4.69, 9.17) is 0 Å². The molecule has 0 spiro atoms. The molecule has 0 unspecified atom stereocenters. The molecule has 2 amide bonds. The molecule has 0 bridgehead atoms. The van der Waals surface area contributed by atoms with E-state index in [-0.39, 0.29) is 11.8 Å². The molecule has 0 heterocycles. The highest BCUT2D eigenvalue weighted by Gasteiger charge is 2.13. The van der Waals surface area contributed by atoms with Gasteiger partial charge in [-0.05, 0) is 12.8 Å². The number of amides is 2. The molecule has 0 aliphatic carbocycles. The number of carbonyl (C=O) groups is 2. The number of rotatable bonds is 4. The average molecular weight is 185 g/mol. The topological polar surface area (TPSA) is 51.5 Å². The minimum Gasteiger partial charge on any atom is -0.273 e. The first-order valence-corrected chi connectivity index (χ1v) is 4.64. The molecular weight excluding hydrogens is 168 g/mol. The predicted octanol–water partition coefficient (Wildman–Crippen LogP) is 1.09. The van der Waals surface area contributed by atoms with E-state index in [0.717, 1.165) is 12.8 Å². The third-order valence-electron chi connectivity index (χ3n) is 1.45. The Morgan fingerprint density at radius 1 is 1.23 bits per heavy atom. The quantitative estimate of drug-likeness (QED) is 0.615. The number of hydrogen-bond donors (Lipinski definition) is 0. The molecule has 4 heteroatoms. The summed E-state index contributed by atoms with van der Waals surface area (Å²) in [5.74, 6) is -0.391. The first-order valence-electron chi connectivity index (χ1n) is 4.64. The van der Waals surface area contributed by atoms with Gasteiger partial charge in [-0.25, -0.2) is 5.01 Å². The summed E-state index contributed by atoms with van der Waals surface area (Å²) in [5, 5.41) is 1.27. The Balaban J connectivity index is 4.06. The van der Waals surface area contributed by atoms with Crippen molar-refractivity contribution < 1.29 is 9.59 Å². The standard InChI is InChI=1S/C9H17N2O2/c1-4-6-9(13)11(7-5-2)10-8(3)12/h4-7H2,1-3H3. The van der Waals surface area contributed by atoms with Crippen molar-refractivity contribution in [3.05, 3.63) is 0 Å². The molecular formula is C9H17N2O2. The Labute approximate surface area is 79.3 Å². The third-order valence-corrected chi connectivity index (χ3v) is 1.45. The van der Waals surface area contributed by atoms with Gasteiger partial charge in [0.2, 0.25) is 5.91 Å². The van der Waals surface area contributed by atoms with Gasteiger partial charge in [-0.3, -0.25) is 9.59 Å². The van der Waals surface area contributed by atoms with Gasteiger partial charge in [0.15, 0.2) is 0 Å². The second kappa shape index (κ2) is 6.46. The molecule has 0 saturated heterocycles. The van der Waals surface area contributed by atoms with Crippen LogP contribution in [0.15, 0.2) is 0 Å².